The molecule has 0 saturated carbocycles. The van der Waals surface area contributed by atoms with Crippen molar-refractivity contribution in [3.63, 3.8) is 0 Å². The van der Waals surface area contributed by atoms with Gasteiger partial charge in [-0.15, -0.1) is 0 Å². The van der Waals surface area contributed by atoms with E-state index in [1.165, 1.54) is 122 Å². The maximum Gasteiger partial charge on any atom is 0.305 e. The van der Waals surface area contributed by atoms with Gasteiger partial charge in [-0.25, -0.2) is 0 Å². The molecule has 1 fully saturated rings. The average Bonchev–Trinajstić information content (AvgIpc) is 3.29. The van der Waals surface area contributed by atoms with Crippen LogP contribution in [0.2, 0.25) is 0 Å². The van der Waals surface area contributed by atoms with Crippen LogP contribution >= 0.6 is 0 Å². The highest BCUT2D eigenvalue weighted by Crippen LogP contribution is 2.23. The predicted octanol–water partition coefficient (Wildman–Crippen LogP) is 11.0. The van der Waals surface area contributed by atoms with Gasteiger partial charge in [-0.05, 0) is 57.8 Å². The van der Waals surface area contributed by atoms with Gasteiger partial charge in [0.1, 0.15) is 24.4 Å². The van der Waals surface area contributed by atoms with Crippen LogP contribution in [0.4, 0.5) is 0 Å². The van der Waals surface area contributed by atoms with Crippen molar-refractivity contribution in [1.29, 1.82) is 0 Å². The van der Waals surface area contributed by atoms with Crippen LogP contribution in [0.1, 0.15) is 239 Å². The minimum Gasteiger partial charge on any atom is -0.466 e. The number of nitrogens with one attached hydrogen (secondary N) is 1. The number of carbonyl (C=O) groups is 2. The maximum absolute atomic E-state index is 12.9. The Morgan fingerprint density at radius 3 is 1.50 bits per heavy atom. The number of ether oxygens (including phenoxy) is 3. The lowest BCUT2D eigenvalue weighted by molar-refractivity contribution is -0.302. The van der Waals surface area contributed by atoms with Crippen molar-refractivity contribution in [3.05, 3.63) is 24.3 Å². The Kier molecular flexibility index (Phi) is 41.1. The maximum atomic E-state index is 12.9. The highest BCUT2D eigenvalue weighted by molar-refractivity contribution is 5.76. The lowest BCUT2D eigenvalue weighted by Gasteiger charge is -2.40. The summed E-state index contributed by atoms with van der Waals surface area (Å²) in [6, 6.07) is -0.828. The quantitative estimate of drug-likeness (QED) is 0.0196. The van der Waals surface area contributed by atoms with E-state index in [0.717, 1.165) is 89.9 Å². The molecule has 1 saturated heterocycles. The number of aliphatic hydroxyl groups excluding tert-OH is 5. The first-order chi connectivity index (χ1) is 31.2. The van der Waals surface area contributed by atoms with Crippen LogP contribution < -0.4 is 5.32 Å². The summed E-state index contributed by atoms with van der Waals surface area (Å²) in [7, 11) is 0. The van der Waals surface area contributed by atoms with E-state index in [1.807, 2.05) is 6.08 Å². The highest BCUT2D eigenvalue weighted by atomic mass is 16.7. The van der Waals surface area contributed by atoms with E-state index >= 15 is 0 Å². The van der Waals surface area contributed by atoms with Crippen molar-refractivity contribution in [3.8, 4) is 0 Å². The van der Waals surface area contributed by atoms with E-state index in [9.17, 15) is 35.1 Å². The van der Waals surface area contributed by atoms with Crippen LogP contribution in [0.5, 0.6) is 0 Å². The van der Waals surface area contributed by atoms with Crippen LogP contribution in [0.3, 0.4) is 0 Å². The molecule has 1 aliphatic rings. The van der Waals surface area contributed by atoms with Crippen molar-refractivity contribution in [2.45, 2.75) is 281 Å². The molecule has 1 heterocycles. The fourth-order valence-corrected chi connectivity index (χ4v) is 8.25. The molecule has 1 amide bonds. The fourth-order valence-electron chi connectivity index (χ4n) is 8.25. The molecule has 64 heavy (non-hydrogen) atoms. The smallest absolute Gasteiger partial charge is 0.305 e. The molecule has 1 aliphatic heterocycles. The van der Waals surface area contributed by atoms with Gasteiger partial charge in [0, 0.05) is 12.8 Å². The Bertz CT molecular complexity index is 1120. The molecule has 11 nitrogen and oxygen atoms in total. The number of esters is 1. The largest absolute Gasteiger partial charge is 0.466 e. The number of amides is 1. The first-order valence-corrected chi connectivity index (χ1v) is 26.6. The number of hydrogen-bond donors (Lipinski definition) is 6. The lowest BCUT2D eigenvalue weighted by Crippen LogP contribution is -2.60. The fraction of sp³-hybridized carbons (Fsp3) is 0.887. The molecule has 0 aromatic rings. The molecular weight excluding hydrogens is 811 g/mol. The second-order valence-corrected chi connectivity index (χ2v) is 18.6. The second kappa shape index (κ2) is 43.7. The first kappa shape index (κ1) is 60.2. The van der Waals surface area contributed by atoms with Crippen molar-refractivity contribution in [2.24, 2.45) is 0 Å². The molecule has 6 N–H and O–H groups in total. The number of carbonyl (C=O) groups excluding carboxylic acids is 2. The lowest BCUT2D eigenvalue weighted by atomic mass is 9.99. The van der Waals surface area contributed by atoms with E-state index < -0.39 is 49.5 Å². The molecule has 0 aliphatic carbocycles. The summed E-state index contributed by atoms with van der Waals surface area (Å²) in [4.78, 5) is 25.0. The summed E-state index contributed by atoms with van der Waals surface area (Å²) >= 11 is 0. The van der Waals surface area contributed by atoms with E-state index in [1.54, 1.807) is 6.08 Å². The van der Waals surface area contributed by atoms with Gasteiger partial charge in [-0.1, -0.05) is 192 Å². The van der Waals surface area contributed by atoms with Gasteiger partial charge in [0.25, 0.3) is 0 Å². The van der Waals surface area contributed by atoms with Gasteiger partial charge in [-0.3, -0.25) is 9.59 Å². The number of allylic oxidation sites excluding steroid dienone is 3. The minimum atomic E-state index is -1.58. The standard InChI is InChI=1S/C53H99NO10/c1-3-5-7-9-11-13-14-15-16-17-18-21-25-29-33-37-41-49(58)62-42-38-34-30-26-22-19-20-24-28-32-36-40-48(57)54-45(46(56)39-35-31-27-23-12-10-8-6-4-2)44-63-53-52(61)51(60)50(59)47(43-55)64-53/h22,26,35,39,45-47,50-53,55-56,59-61H,3-21,23-25,27-34,36-38,40-44H2,1-2H3,(H,54,57)/b26-22-,39-35+. The van der Waals surface area contributed by atoms with Gasteiger partial charge in [-0.2, -0.15) is 0 Å². The zero-order valence-corrected chi connectivity index (χ0v) is 41.0. The number of unbranched alkanes of at least 4 members (excludes halogenated alkanes) is 29. The van der Waals surface area contributed by atoms with Gasteiger partial charge in [0.05, 0.1) is 32.0 Å². The van der Waals surface area contributed by atoms with Gasteiger partial charge >= 0.3 is 5.97 Å². The van der Waals surface area contributed by atoms with Crippen LogP contribution in [0.25, 0.3) is 0 Å². The van der Waals surface area contributed by atoms with E-state index in [0.29, 0.717) is 19.4 Å². The number of aliphatic hydroxyl groups is 5. The topological polar surface area (TPSA) is 175 Å². The van der Waals surface area contributed by atoms with Crippen LogP contribution in [-0.4, -0.2) is 100 Å². The van der Waals surface area contributed by atoms with Crippen molar-refractivity contribution in [1.82, 2.24) is 5.32 Å². The SMILES string of the molecule is CCCCCCCCC/C=C/C(O)C(COC1OC(CO)C(O)C(O)C1O)NC(=O)CCCCCCC/C=C\CCCCOC(=O)CCCCCCCCCCCCCCCCCC. The van der Waals surface area contributed by atoms with Gasteiger partial charge in [0.2, 0.25) is 5.91 Å². The van der Waals surface area contributed by atoms with Gasteiger partial charge in [0.15, 0.2) is 6.29 Å². The Morgan fingerprint density at radius 2 is 1.00 bits per heavy atom. The number of rotatable bonds is 45. The molecule has 0 radical (unpaired) electrons. The molecule has 0 aromatic heterocycles. The molecule has 376 valence electrons. The summed E-state index contributed by atoms with van der Waals surface area (Å²) in [6.07, 6.45) is 39.9. The number of hydrogen-bond acceptors (Lipinski definition) is 10. The first-order valence-electron chi connectivity index (χ1n) is 26.6. The van der Waals surface area contributed by atoms with Crippen LogP contribution in [0.15, 0.2) is 24.3 Å². The van der Waals surface area contributed by atoms with Crippen molar-refractivity contribution in [2.75, 3.05) is 19.8 Å². The molecule has 1 rings (SSSR count). The van der Waals surface area contributed by atoms with Crippen molar-refractivity contribution >= 4 is 11.9 Å². The van der Waals surface area contributed by atoms with E-state index in [2.05, 4.69) is 31.3 Å². The summed E-state index contributed by atoms with van der Waals surface area (Å²) < 4.78 is 16.6. The van der Waals surface area contributed by atoms with Crippen molar-refractivity contribution < 1.29 is 49.3 Å². The Hall–Kier alpha value is -1.86. The molecule has 11 heteroatoms. The molecule has 7 atom stereocenters. The Morgan fingerprint density at radius 1 is 0.562 bits per heavy atom. The van der Waals surface area contributed by atoms with Crippen LogP contribution in [-0.2, 0) is 23.8 Å². The zero-order valence-electron chi connectivity index (χ0n) is 41.0. The minimum absolute atomic E-state index is 0.0544. The van der Waals surface area contributed by atoms with Gasteiger partial charge < -0.3 is 45.1 Å². The average molecular weight is 910 g/mol. The zero-order chi connectivity index (χ0) is 46.7. The Balaban J connectivity index is 2.13. The normalized spacial score (nSPS) is 20.0. The molecule has 0 spiro atoms. The summed E-state index contributed by atoms with van der Waals surface area (Å²) in [5.74, 6) is -0.267. The summed E-state index contributed by atoms with van der Waals surface area (Å²) in [6.45, 7) is 4.21. The third-order valence-electron chi connectivity index (χ3n) is 12.6. The molecule has 7 unspecified atom stereocenters. The molecule has 0 bridgehead atoms. The monoisotopic (exact) mass is 910 g/mol. The summed E-state index contributed by atoms with van der Waals surface area (Å²) in [5.41, 5.74) is 0. The highest BCUT2D eigenvalue weighted by Gasteiger charge is 2.44. The summed E-state index contributed by atoms with van der Waals surface area (Å²) in [5, 5.41) is 54.1. The van der Waals surface area contributed by atoms with E-state index in [-0.39, 0.29) is 18.5 Å². The third-order valence-corrected chi connectivity index (χ3v) is 12.6. The molecule has 0 aromatic carbocycles. The third kappa shape index (κ3) is 33.6. The molecular formula is C53H99NO10. The van der Waals surface area contributed by atoms with Crippen LogP contribution in [0, 0.1) is 0 Å². The Labute approximate surface area is 391 Å². The predicted molar refractivity (Wildman–Crippen MR) is 260 cm³/mol. The van der Waals surface area contributed by atoms with E-state index in [4.69, 9.17) is 14.2 Å². The second-order valence-electron chi connectivity index (χ2n) is 18.6.